The van der Waals surface area contributed by atoms with Crippen molar-refractivity contribution in [2.24, 2.45) is 4.99 Å². The van der Waals surface area contributed by atoms with Crippen LogP contribution in [0.4, 0.5) is 22.7 Å². The highest BCUT2D eigenvalue weighted by Gasteiger charge is 2.30. The van der Waals surface area contributed by atoms with Crippen LogP contribution in [0.15, 0.2) is 78.1 Å². The molecule has 0 N–H and O–H groups in total. The average Bonchev–Trinajstić information content (AvgIpc) is 3.52. The van der Waals surface area contributed by atoms with E-state index < -0.39 is 6.04 Å². The van der Waals surface area contributed by atoms with Gasteiger partial charge < -0.3 is 19.5 Å². The van der Waals surface area contributed by atoms with Gasteiger partial charge in [-0.1, -0.05) is 18.2 Å². The van der Waals surface area contributed by atoms with Crippen LogP contribution in [-0.4, -0.2) is 79.7 Å². The highest BCUT2D eigenvalue weighted by molar-refractivity contribution is 6.06. The van der Waals surface area contributed by atoms with E-state index in [9.17, 15) is 9.59 Å². The van der Waals surface area contributed by atoms with Crippen LogP contribution in [0.5, 0.6) is 0 Å². The number of carbonyl (C=O) groups excluding carboxylic acids is 2. The van der Waals surface area contributed by atoms with E-state index in [4.69, 9.17) is 4.99 Å². The number of pyridine rings is 1. The van der Waals surface area contributed by atoms with Gasteiger partial charge in [-0.25, -0.2) is 15.0 Å². The molecular formula is C31H33N7O2. The van der Waals surface area contributed by atoms with Crippen LogP contribution in [0.3, 0.4) is 0 Å². The van der Waals surface area contributed by atoms with Crippen molar-refractivity contribution in [3.8, 4) is 0 Å². The predicted octanol–water partition coefficient (Wildman–Crippen LogP) is 4.00. The molecule has 9 nitrogen and oxygen atoms in total. The fourth-order valence-corrected chi connectivity index (χ4v) is 5.52. The lowest BCUT2D eigenvalue weighted by Gasteiger charge is -2.36. The summed E-state index contributed by atoms with van der Waals surface area (Å²) in [5.41, 5.74) is 5.88. The van der Waals surface area contributed by atoms with Crippen molar-refractivity contribution in [3.05, 3.63) is 89.8 Å². The Labute approximate surface area is 234 Å². The number of likely N-dealkylation sites (N-methyl/N-ethyl adjacent to an activating group) is 1. The van der Waals surface area contributed by atoms with Crippen LogP contribution < -0.4 is 14.8 Å². The number of aliphatic imine (C=N–C) groups is 1. The van der Waals surface area contributed by atoms with E-state index in [2.05, 4.69) is 46.1 Å². The molecule has 1 fully saturated rings. The summed E-state index contributed by atoms with van der Waals surface area (Å²) in [6.07, 6.45) is 10.1. The Morgan fingerprint density at radius 3 is 2.45 bits per heavy atom. The van der Waals surface area contributed by atoms with Crippen LogP contribution in [0.25, 0.3) is 0 Å². The van der Waals surface area contributed by atoms with E-state index in [1.165, 1.54) is 0 Å². The second-order valence-electron chi connectivity index (χ2n) is 10.4. The molecule has 1 unspecified atom stereocenters. The first kappa shape index (κ1) is 25.9. The normalized spacial score (nSPS) is 19.1. The summed E-state index contributed by atoms with van der Waals surface area (Å²) in [6, 6.07) is 15.0. The summed E-state index contributed by atoms with van der Waals surface area (Å²) in [4.78, 5) is 41.8. The Bertz CT molecular complexity index is 1460. The molecule has 9 heteroatoms. The molecule has 0 radical (unpaired) electrons. The second-order valence-corrected chi connectivity index (χ2v) is 10.4. The number of hydrazine groups is 1. The van der Waals surface area contributed by atoms with Gasteiger partial charge in [-0.3, -0.25) is 9.78 Å². The molecule has 40 heavy (non-hydrogen) atoms. The number of amides is 1. The van der Waals surface area contributed by atoms with Crippen LogP contribution in [-0.2, 0) is 4.79 Å². The number of aromatic nitrogens is 1. The molecule has 4 heterocycles. The largest absolute Gasteiger partial charge is 0.369 e. The smallest absolute Gasteiger partial charge is 0.272 e. The molecule has 2 aromatic carbocycles. The van der Waals surface area contributed by atoms with Gasteiger partial charge in [0.25, 0.3) is 5.91 Å². The molecule has 1 amide bonds. The third-order valence-corrected chi connectivity index (χ3v) is 7.86. The second kappa shape index (κ2) is 11.0. The van der Waals surface area contributed by atoms with Crippen LogP contribution >= 0.6 is 0 Å². The fourth-order valence-electron chi connectivity index (χ4n) is 5.52. The Hall–Kier alpha value is -4.34. The lowest BCUT2D eigenvalue weighted by Crippen LogP contribution is -2.45. The van der Waals surface area contributed by atoms with Gasteiger partial charge in [0.1, 0.15) is 12.3 Å². The lowest BCUT2D eigenvalue weighted by molar-refractivity contribution is -0.108. The first-order valence-electron chi connectivity index (χ1n) is 13.6. The third-order valence-electron chi connectivity index (χ3n) is 7.86. The van der Waals surface area contributed by atoms with E-state index in [1.807, 2.05) is 41.1 Å². The highest BCUT2D eigenvalue weighted by Crippen LogP contribution is 2.39. The zero-order chi connectivity index (χ0) is 27.6. The Morgan fingerprint density at radius 2 is 1.73 bits per heavy atom. The molecule has 0 saturated carbocycles. The first-order chi connectivity index (χ1) is 19.5. The molecule has 0 aliphatic carbocycles. The number of carbonyl (C=O) groups is 2. The number of rotatable bonds is 6. The van der Waals surface area contributed by atoms with Crippen molar-refractivity contribution in [1.82, 2.24) is 14.9 Å². The van der Waals surface area contributed by atoms with Crippen molar-refractivity contribution in [2.45, 2.75) is 13.0 Å². The standard InChI is InChI=1S/C31H33N7O2/c1-23-5-6-26(38(36-13-3-4-14-36)31(40)24-9-11-32-12-10-24)20-29(23)37-22-33-28-8-7-25(19-27(28)30(37)21-39)35-17-15-34(2)16-18-35/h3-12,19-22,30H,13-18H2,1-2H3. The Balaban J connectivity index is 1.35. The van der Waals surface area contributed by atoms with Crippen LogP contribution in [0, 0.1) is 6.92 Å². The number of piperazine rings is 1. The zero-order valence-corrected chi connectivity index (χ0v) is 22.8. The summed E-state index contributed by atoms with van der Waals surface area (Å²) < 4.78 is 0. The molecule has 1 saturated heterocycles. The molecule has 6 rings (SSSR count). The topological polar surface area (TPSA) is 75.6 Å². The van der Waals surface area contributed by atoms with Crippen molar-refractivity contribution in [2.75, 3.05) is 61.1 Å². The molecule has 3 aliphatic rings. The number of benzene rings is 2. The number of fused-ring (bicyclic) bond motifs is 1. The zero-order valence-electron chi connectivity index (χ0n) is 22.8. The predicted molar refractivity (Wildman–Crippen MR) is 159 cm³/mol. The van der Waals surface area contributed by atoms with Crippen molar-refractivity contribution in [3.63, 3.8) is 0 Å². The molecule has 3 aliphatic heterocycles. The van der Waals surface area contributed by atoms with Gasteiger partial charge in [0.05, 0.1) is 17.7 Å². The van der Waals surface area contributed by atoms with E-state index in [0.717, 1.165) is 66.3 Å². The summed E-state index contributed by atoms with van der Waals surface area (Å²) in [5.74, 6) is -0.137. The SMILES string of the molecule is Cc1ccc(N(C(=O)c2ccncc2)N2CC=CC2)cc1N1C=Nc2ccc(N3CCN(C)CC3)cc2C1C=O. The summed E-state index contributed by atoms with van der Waals surface area (Å²) >= 11 is 0. The van der Waals surface area contributed by atoms with Gasteiger partial charge in [-0.15, -0.1) is 0 Å². The summed E-state index contributed by atoms with van der Waals surface area (Å²) in [5, 5.41) is 3.71. The number of aryl methyl sites for hydroxylation is 1. The van der Waals surface area contributed by atoms with Gasteiger partial charge in [0.15, 0.2) is 0 Å². The first-order valence-corrected chi connectivity index (χ1v) is 13.6. The number of hydrogen-bond donors (Lipinski definition) is 0. The van der Waals surface area contributed by atoms with Gasteiger partial charge in [-0.2, -0.15) is 0 Å². The third kappa shape index (κ3) is 4.89. The fraction of sp³-hybridized carbons (Fsp3) is 0.290. The molecule has 204 valence electrons. The Morgan fingerprint density at radius 1 is 0.975 bits per heavy atom. The maximum atomic E-state index is 13.7. The maximum Gasteiger partial charge on any atom is 0.272 e. The van der Waals surface area contributed by atoms with Crippen molar-refractivity contribution < 1.29 is 9.59 Å². The van der Waals surface area contributed by atoms with E-state index in [1.54, 1.807) is 35.9 Å². The monoisotopic (exact) mass is 535 g/mol. The maximum absolute atomic E-state index is 13.7. The van der Waals surface area contributed by atoms with E-state index in [0.29, 0.717) is 18.7 Å². The average molecular weight is 536 g/mol. The van der Waals surface area contributed by atoms with Crippen molar-refractivity contribution in [1.29, 1.82) is 0 Å². The quantitative estimate of drug-likeness (QED) is 0.349. The number of aldehydes is 1. The van der Waals surface area contributed by atoms with Crippen LogP contribution in [0.2, 0.25) is 0 Å². The van der Waals surface area contributed by atoms with Crippen LogP contribution in [0.1, 0.15) is 27.5 Å². The minimum absolute atomic E-state index is 0.137. The van der Waals surface area contributed by atoms with Gasteiger partial charge in [-0.05, 0) is 62.0 Å². The molecular weight excluding hydrogens is 502 g/mol. The van der Waals surface area contributed by atoms with Crippen molar-refractivity contribution >= 4 is 41.3 Å². The van der Waals surface area contributed by atoms with Gasteiger partial charge >= 0.3 is 0 Å². The number of hydrogen-bond acceptors (Lipinski definition) is 8. The summed E-state index contributed by atoms with van der Waals surface area (Å²) in [6.45, 7) is 7.17. The molecule has 3 aromatic rings. The van der Waals surface area contributed by atoms with Gasteiger partial charge in [0.2, 0.25) is 0 Å². The molecule has 0 spiro atoms. The summed E-state index contributed by atoms with van der Waals surface area (Å²) in [7, 11) is 2.14. The molecule has 1 aromatic heterocycles. The molecule has 1 atom stereocenters. The number of nitrogens with zero attached hydrogens (tertiary/aromatic N) is 7. The van der Waals surface area contributed by atoms with Gasteiger partial charge in [0, 0.05) is 74.2 Å². The molecule has 0 bridgehead atoms. The Kier molecular flexibility index (Phi) is 7.15. The highest BCUT2D eigenvalue weighted by atomic mass is 16.2. The number of anilines is 3. The lowest BCUT2D eigenvalue weighted by atomic mass is 10.00. The van der Waals surface area contributed by atoms with E-state index in [-0.39, 0.29) is 5.91 Å². The van der Waals surface area contributed by atoms with E-state index >= 15 is 0 Å². The minimum Gasteiger partial charge on any atom is -0.369 e. The minimum atomic E-state index is -0.535.